The molecule has 0 saturated carbocycles. The highest BCUT2D eigenvalue weighted by Gasteiger charge is 2.48. The predicted octanol–water partition coefficient (Wildman–Crippen LogP) is 8.26. The van der Waals surface area contributed by atoms with E-state index >= 15 is 0 Å². The first kappa shape index (κ1) is 28.2. The largest absolute Gasteiger partial charge is 0.544 e. The topological polar surface area (TPSA) is 38.8 Å². The summed E-state index contributed by atoms with van der Waals surface area (Å²) in [6.45, 7) is 12.8. The summed E-state index contributed by atoms with van der Waals surface area (Å²) in [7, 11) is -3.66. The standard InChI is InChI=1S/C30H37F2NO3Si2/c1-37(2,3)35-26-17-9-22(10-18-26)29-27(30(34)33(29)25-15-13-24(32)14-16-25)19-20-28(36-38(4,5)6)21-7-11-23(31)12-8-21/h7-18,27-29H,19-20H2,1-6H3/t27?,28?,29-/m1/s1. The van der Waals surface area contributed by atoms with Crippen LogP contribution in [0.25, 0.3) is 0 Å². The molecule has 8 heteroatoms. The van der Waals surface area contributed by atoms with E-state index in [2.05, 4.69) is 39.3 Å². The second kappa shape index (κ2) is 11.1. The van der Waals surface area contributed by atoms with E-state index in [9.17, 15) is 13.6 Å². The third-order valence-corrected chi connectivity index (χ3v) is 8.28. The van der Waals surface area contributed by atoms with Crippen LogP contribution in [0.4, 0.5) is 14.5 Å². The van der Waals surface area contributed by atoms with Gasteiger partial charge >= 0.3 is 0 Å². The Balaban J connectivity index is 1.60. The summed E-state index contributed by atoms with van der Waals surface area (Å²) >= 11 is 0. The summed E-state index contributed by atoms with van der Waals surface area (Å²) in [6, 6.07) is 20.3. The van der Waals surface area contributed by atoms with Crippen LogP contribution in [0.1, 0.15) is 36.1 Å². The molecule has 3 atom stereocenters. The Labute approximate surface area is 226 Å². The Bertz CT molecular complexity index is 1240. The van der Waals surface area contributed by atoms with E-state index in [-0.39, 0.29) is 35.6 Å². The van der Waals surface area contributed by atoms with Gasteiger partial charge in [0.1, 0.15) is 17.4 Å². The Morgan fingerprint density at radius 2 is 1.34 bits per heavy atom. The fourth-order valence-electron chi connectivity index (χ4n) is 4.92. The van der Waals surface area contributed by atoms with Crippen molar-refractivity contribution >= 4 is 28.2 Å². The van der Waals surface area contributed by atoms with E-state index in [0.29, 0.717) is 18.5 Å². The van der Waals surface area contributed by atoms with Gasteiger partial charge in [0, 0.05) is 5.69 Å². The number of halogens is 2. The zero-order valence-electron chi connectivity index (χ0n) is 23.0. The number of carbonyl (C=O) groups excluding carboxylic acids is 1. The summed E-state index contributed by atoms with van der Waals surface area (Å²) in [5.74, 6) is -0.0465. The smallest absolute Gasteiger partial charge is 0.242 e. The molecule has 1 amide bonds. The lowest BCUT2D eigenvalue weighted by Crippen LogP contribution is -2.55. The van der Waals surface area contributed by atoms with E-state index in [4.69, 9.17) is 8.85 Å². The number of β-lactam (4-membered cyclic amide) rings is 1. The molecule has 1 fully saturated rings. The van der Waals surface area contributed by atoms with Gasteiger partial charge in [0.2, 0.25) is 14.2 Å². The van der Waals surface area contributed by atoms with Gasteiger partial charge in [0.15, 0.2) is 8.32 Å². The summed E-state index contributed by atoms with van der Waals surface area (Å²) in [4.78, 5) is 15.3. The monoisotopic (exact) mass is 553 g/mol. The number of nitrogens with zero attached hydrogens (tertiary/aromatic N) is 1. The highest BCUT2D eigenvalue weighted by Crippen LogP contribution is 2.47. The van der Waals surface area contributed by atoms with E-state index in [1.54, 1.807) is 29.2 Å². The molecule has 3 aromatic rings. The molecule has 0 radical (unpaired) electrons. The molecule has 1 saturated heterocycles. The fourth-order valence-corrected chi connectivity index (χ4v) is 6.87. The summed E-state index contributed by atoms with van der Waals surface area (Å²) in [5, 5.41) is 0. The van der Waals surface area contributed by atoms with Crippen molar-refractivity contribution in [3.63, 3.8) is 0 Å². The lowest BCUT2D eigenvalue weighted by Gasteiger charge is -2.48. The molecule has 1 aliphatic rings. The van der Waals surface area contributed by atoms with E-state index in [0.717, 1.165) is 16.9 Å². The molecule has 0 spiro atoms. The lowest BCUT2D eigenvalue weighted by atomic mass is 9.78. The minimum absolute atomic E-state index is 0.00916. The Morgan fingerprint density at radius 1 is 0.789 bits per heavy atom. The minimum Gasteiger partial charge on any atom is -0.544 e. The molecular weight excluding hydrogens is 517 g/mol. The number of anilines is 1. The number of hydrogen-bond donors (Lipinski definition) is 0. The number of amides is 1. The molecule has 1 heterocycles. The maximum atomic E-state index is 13.6. The van der Waals surface area contributed by atoms with Crippen LogP contribution in [0.3, 0.4) is 0 Å². The molecule has 0 bridgehead atoms. The van der Waals surface area contributed by atoms with Crippen LogP contribution < -0.4 is 9.33 Å². The average Bonchev–Trinajstić information content (AvgIpc) is 2.82. The predicted molar refractivity (Wildman–Crippen MR) is 153 cm³/mol. The van der Waals surface area contributed by atoms with Gasteiger partial charge in [-0.05, 0) is 112 Å². The average molecular weight is 554 g/mol. The van der Waals surface area contributed by atoms with Crippen LogP contribution in [0, 0.1) is 17.6 Å². The molecule has 3 aromatic carbocycles. The zero-order valence-corrected chi connectivity index (χ0v) is 25.0. The van der Waals surface area contributed by atoms with Gasteiger partial charge in [-0.1, -0.05) is 24.3 Å². The molecule has 1 aliphatic heterocycles. The van der Waals surface area contributed by atoms with Crippen molar-refractivity contribution in [1.29, 1.82) is 0 Å². The number of rotatable bonds is 10. The van der Waals surface area contributed by atoms with Crippen LogP contribution in [0.15, 0.2) is 72.8 Å². The van der Waals surface area contributed by atoms with Gasteiger partial charge in [-0.25, -0.2) is 8.78 Å². The Hall–Kier alpha value is -2.82. The first-order valence-electron chi connectivity index (χ1n) is 13.1. The van der Waals surface area contributed by atoms with Crippen molar-refractivity contribution in [3.8, 4) is 5.75 Å². The van der Waals surface area contributed by atoms with Crippen LogP contribution in [-0.4, -0.2) is 22.5 Å². The number of carbonyl (C=O) groups is 1. The number of benzene rings is 3. The van der Waals surface area contributed by atoms with Gasteiger partial charge in [0.25, 0.3) is 0 Å². The quantitative estimate of drug-likeness (QED) is 0.187. The van der Waals surface area contributed by atoms with E-state index in [1.165, 1.54) is 24.3 Å². The van der Waals surface area contributed by atoms with Crippen LogP contribution in [0.2, 0.25) is 39.3 Å². The molecule has 4 nitrogen and oxygen atoms in total. The van der Waals surface area contributed by atoms with Gasteiger partial charge in [-0.15, -0.1) is 0 Å². The first-order valence-corrected chi connectivity index (χ1v) is 19.9. The van der Waals surface area contributed by atoms with Gasteiger partial charge in [-0.2, -0.15) is 0 Å². The molecular formula is C30H37F2NO3Si2. The van der Waals surface area contributed by atoms with Gasteiger partial charge < -0.3 is 13.8 Å². The van der Waals surface area contributed by atoms with Crippen molar-refractivity contribution in [2.24, 2.45) is 5.92 Å². The van der Waals surface area contributed by atoms with E-state index in [1.807, 2.05) is 24.3 Å². The van der Waals surface area contributed by atoms with E-state index < -0.39 is 16.6 Å². The SMILES string of the molecule is C[Si](C)(C)Oc1ccc([C@@H]2C(CCC(O[Si](C)(C)C)c3ccc(F)cc3)C(=O)N2c2ccc(F)cc2)cc1. The molecule has 0 aromatic heterocycles. The molecule has 38 heavy (non-hydrogen) atoms. The highest BCUT2D eigenvalue weighted by molar-refractivity contribution is 6.70. The molecule has 0 aliphatic carbocycles. The lowest BCUT2D eigenvalue weighted by molar-refractivity contribution is -0.131. The summed E-state index contributed by atoms with van der Waals surface area (Å²) < 4.78 is 39.8. The second-order valence-electron chi connectivity index (χ2n) is 11.9. The molecule has 4 rings (SSSR count). The molecule has 2 unspecified atom stereocenters. The first-order chi connectivity index (χ1) is 17.8. The highest BCUT2D eigenvalue weighted by atomic mass is 28.4. The fraction of sp³-hybridized carbons (Fsp3) is 0.367. The third-order valence-electron chi connectivity index (χ3n) is 6.44. The van der Waals surface area contributed by atoms with Gasteiger partial charge in [-0.3, -0.25) is 4.79 Å². The van der Waals surface area contributed by atoms with Crippen LogP contribution >= 0.6 is 0 Å². The van der Waals surface area contributed by atoms with Crippen molar-refractivity contribution in [2.75, 3.05) is 4.90 Å². The normalized spacial score (nSPS) is 18.7. The van der Waals surface area contributed by atoms with Crippen molar-refractivity contribution in [3.05, 3.63) is 95.6 Å². The second-order valence-corrected chi connectivity index (χ2v) is 20.8. The van der Waals surface area contributed by atoms with Crippen LogP contribution in [-0.2, 0) is 9.22 Å². The molecule has 202 valence electrons. The zero-order chi connectivity index (χ0) is 27.7. The summed E-state index contributed by atoms with van der Waals surface area (Å²) in [6.07, 6.45) is 1.03. The van der Waals surface area contributed by atoms with Crippen LogP contribution in [0.5, 0.6) is 5.75 Å². The summed E-state index contributed by atoms with van der Waals surface area (Å²) in [5.41, 5.74) is 2.60. The van der Waals surface area contributed by atoms with Gasteiger partial charge in [0.05, 0.1) is 18.1 Å². The maximum absolute atomic E-state index is 13.6. The third kappa shape index (κ3) is 6.98. The molecule has 0 N–H and O–H groups in total. The van der Waals surface area contributed by atoms with Crippen molar-refractivity contribution < 1.29 is 22.4 Å². The maximum Gasteiger partial charge on any atom is 0.242 e. The Kier molecular flexibility index (Phi) is 8.25. The Morgan fingerprint density at radius 3 is 1.87 bits per heavy atom. The van der Waals surface area contributed by atoms with Crippen molar-refractivity contribution in [2.45, 2.75) is 64.3 Å². The minimum atomic E-state index is -1.91. The van der Waals surface area contributed by atoms with Crippen molar-refractivity contribution in [1.82, 2.24) is 0 Å². The number of hydrogen-bond acceptors (Lipinski definition) is 3.